The number of nitrogens with two attached hydrogens (primary N) is 1. The van der Waals surface area contributed by atoms with Crippen LogP contribution in [0.2, 0.25) is 0 Å². The van der Waals surface area contributed by atoms with Crippen LogP contribution in [0.25, 0.3) is 0 Å². The topological polar surface area (TPSA) is 78.1 Å². The first-order valence-electron chi connectivity index (χ1n) is 4.42. The molecular formula is C9H13N3O2S. The summed E-state index contributed by atoms with van der Waals surface area (Å²) in [6.45, 7) is 1.86. The Labute approximate surface area is 92.4 Å². The van der Waals surface area contributed by atoms with Crippen LogP contribution in [0.5, 0.6) is 0 Å². The van der Waals surface area contributed by atoms with Crippen LogP contribution >= 0.6 is 11.8 Å². The number of carbonyl (C=O) groups excluding carboxylic acids is 1. The van der Waals surface area contributed by atoms with E-state index in [1.54, 1.807) is 0 Å². The summed E-state index contributed by atoms with van der Waals surface area (Å²) in [5.74, 6) is 0.886. The summed E-state index contributed by atoms with van der Waals surface area (Å²) in [6.07, 6.45) is 1.79. The predicted molar refractivity (Wildman–Crippen MR) is 58.5 cm³/mol. The number of nitrogen functional groups attached to an aromatic ring is 1. The summed E-state index contributed by atoms with van der Waals surface area (Å²) in [5.41, 5.74) is 6.48. The van der Waals surface area contributed by atoms with Crippen molar-refractivity contribution in [2.75, 3.05) is 18.6 Å². The summed E-state index contributed by atoms with van der Waals surface area (Å²) in [6, 6.07) is 0. The molecule has 0 aliphatic rings. The number of nitrogens with zero attached hydrogens (tertiary/aromatic N) is 2. The predicted octanol–water partition coefficient (Wildman–Crippen LogP) is 1.02. The Hall–Kier alpha value is -1.30. The molecule has 0 aliphatic heterocycles. The third kappa shape index (κ3) is 3.39. The summed E-state index contributed by atoms with van der Waals surface area (Å²) in [7, 11) is 1.38. The van der Waals surface area contributed by atoms with E-state index in [4.69, 9.17) is 5.73 Å². The fourth-order valence-electron chi connectivity index (χ4n) is 0.925. The Morgan fingerprint density at radius 2 is 2.33 bits per heavy atom. The molecule has 1 rings (SSSR count). The fraction of sp³-hybridized carbons (Fsp3) is 0.444. The van der Waals surface area contributed by atoms with Gasteiger partial charge >= 0.3 is 5.97 Å². The van der Waals surface area contributed by atoms with Crippen molar-refractivity contribution in [1.29, 1.82) is 0 Å². The Balaban J connectivity index is 2.51. The van der Waals surface area contributed by atoms with Gasteiger partial charge in [0.15, 0.2) is 0 Å². The van der Waals surface area contributed by atoms with E-state index in [2.05, 4.69) is 14.7 Å². The van der Waals surface area contributed by atoms with E-state index in [1.165, 1.54) is 25.2 Å². The van der Waals surface area contributed by atoms with E-state index in [1.807, 2.05) is 6.92 Å². The Morgan fingerprint density at radius 3 is 3.00 bits per heavy atom. The largest absolute Gasteiger partial charge is 0.469 e. The van der Waals surface area contributed by atoms with Crippen molar-refractivity contribution < 1.29 is 9.53 Å². The number of esters is 1. The van der Waals surface area contributed by atoms with E-state index in [0.29, 0.717) is 18.0 Å². The number of thioether (sulfide) groups is 1. The van der Waals surface area contributed by atoms with Crippen LogP contribution in [0.15, 0.2) is 11.4 Å². The first-order valence-corrected chi connectivity index (χ1v) is 5.40. The molecule has 82 valence electrons. The zero-order valence-corrected chi connectivity index (χ0v) is 9.50. The zero-order chi connectivity index (χ0) is 11.3. The van der Waals surface area contributed by atoms with Gasteiger partial charge in [0, 0.05) is 11.3 Å². The van der Waals surface area contributed by atoms with Crippen molar-refractivity contribution in [3.63, 3.8) is 0 Å². The van der Waals surface area contributed by atoms with E-state index in [-0.39, 0.29) is 5.97 Å². The van der Waals surface area contributed by atoms with Crippen LogP contribution in [0.4, 0.5) is 5.82 Å². The molecule has 2 N–H and O–H groups in total. The molecule has 0 amide bonds. The number of hydrogen-bond acceptors (Lipinski definition) is 6. The van der Waals surface area contributed by atoms with Gasteiger partial charge in [0.2, 0.25) is 0 Å². The summed E-state index contributed by atoms with van der Waals surface area (Å²) in [4.78, 5) is 18.8. The second kappa shape index (κ2) is 5.55. The quantitative estimate of drug-likeness (QED) is 0.470. The molecule has 0 spiro atoms. The van der Waals surface area contributed by atoms with Gasteiger partial charge in [0.25, 0.3) is 0 Å². The van der Waals surface area contributed by atoms with E-state index >= 15 is 0 Å². The van der Waals surface area contributed by atoms with Gasteiger partial charge in [-0.3, -0.25) is 4.79 Å². The minimum absolute atomic E-state index is 0.220. The van der Waals surface area contributed by atoms with Crippen molar-refractivity contribution in [2.24, 2.45) is 0 Å². The standard InChI is InChI=1S/C9H13N3O2S/c1-6-8(10)11-5-12-9(6)15-4-3-7(13)14-2/h5H,3-4H2,1-2H3,(H2,10,11,12). The maximum absolute atomic E-state index is 10.9. The van der Waals surface area contributed by atoms with Crippen LogP contribution in [0.1, 0.15) is 12.0 Å². The molecule has 6 heteroatoms. The minimum atomic E-state index is -0.220. The number of anilines is 1. The molecule has 1 aromatic rings. The second-order valence-electron chi connectivity index (χ2n) is 2.86. The van der Waals surface area contributed by atoms with Crippen LogP contribution < -0.4 is 5.73 Å². The summed E-state index contributed by atoms with van der Waals surface area (Å²) < 4.78 is 4.53. The summed E-state index contributed by atoms with van der Waals surface area (Å²) >= 11 is 1.47. The van der Waals surface area contributed by atoms with Crippen molar-refractivity contribution in [3.05, 3.63) is 11.9 Å². The Bertz CT molecular complexity index is 357. The zero-order valence-electron chi connectivity index (χ0n) is 8.69. The van der Waals surface area contributed by atoms with Gasteiger partial charge in [-0.15, -0.1) is 11.8 Å². The van der Waals surface area contributed by atoms with Crippen LogP contribution in [0, 0.1) is 6.92 Å². The number of carbonyl (C=O) groups is 1. The fourth-order valence-corrected chi connectivity index (χ4v) is 1.83. The lowest BCUT2D eigenvalue weighted by Gasteiger charge is -2.04. The van der Waals surface area contributed by atoms with Crippen LogP contribution in [0.3, 0.4) is 0 Å². The van der Waals surface area contributed by atoms with E-state index < -0.39 is 0 Å². The number of methoxy groups -OCH3 is 1. The molecule has 1 aromatic heterocycles. The molecular weight excluding hydrogens is 214 g/mol. The van der Waals surface area contributed by atoms with Crippen LogP contribution in [-0.4, -0.2) is 28.8 Å². The molecule has 15 heavy (non-hydrogen) atoms. The van der Waals surface area contributed by atoms with E-state index in [0.717, 1.165) is 10.6 Å². The highest BCUT2D eigenvalue weighted by Gasteiger charge is 2.06. The lowest BCUT2D eigenvalue weighted by atomic mass is 10.4. The van der Waals surface area contributed by atoms with E-state index in [9.17, 15) is 4.79 Å². The normalized spacial score (nSPS) is 10.0. The van der Waals surface area contributed by atoms with Gasteiger partial charge < -0.3 is 10.5 Å². The molecule has 0 aliphatic carbocycles. The first kappa shape index (κ1) is 11.8. The Kier molecular flexibility index (Phi) is 4.36. The van der Waals surface area contributed by atoms with Crippen molar-refractivity contribution in [3.8, 4) is 0 Å². The highest BCUT2D eigenvalue weighted by Crippen LogP contribution is 2.22. The SMILES string of the molecule is COC(=O)CCSc1ncnc(N)c1C. The third-order valence-corrected chi connectivity index (χ3v) is 2.94. The molecule has 0 aromatic carbocycles. The Morgan fingerprint density at radius 1 is 1.60 bits per heavy atom. The first-order chi connectivity index (χ1) is 7.15. The number of aromatic nitrogens is 2. The average Bonchev–Trinajstić information content (AvgIpc) is 2.24. The second-order valence-corrected chi connectivity index (χ2v) is 3.95. The number of ether oxygens (including phenoxy) is 1. The molecule has 0 saturated carbocycles. The number of rotatable bonds is 4. The molecule has 0 saturated heterocycles. The maximum Gasteiger partial charge on any atom is 0.306 e. The minimum Gasteiger partial charge on any atom is -0.469 e. The van der Waals surface area contributed by atoms with Crippen molar-refractivity contribution in [2.45, 2.75) is 18.4 Å². The molecule has 0 bridgehead atoms. The number of hydrogen-bond donors (Lipinski definition) is 1. The lowest BCUT2D eigenvalue weighted by Crippen LogP contribution is -2.02. The highest BCUT2D eigenvalue weighted by molar-refractivity contribution is 7.99. The molecule has 0 unspecified atom stereocenters. The van der Waals surface area contributed by atoms with Crippen molar-refractivity contribution >= 4 is 23.5 Å². The van der Waals surface area contributed by atoms with Gasteiger partial charge in [-0.2, -0.15) is 0 Å². The average molecular weight is 227 g/mol. The maximum atomic E-state index is 10.9. The van der Waals surface area contributed by atoms with Gasteiger partial charge in [0.1, 0.15) is 17.2 Å². The highest BCUT2D eigenvalue weighted by atomic mass is 32.2. The molecule has 5 nitrogen and oxygen atoms in total. The van der Waals surface area contributed by atoms with Gasteiger partial charge in [0.05, 0.1) is 13.5 Å². The monoisotopic (exact) mass is 227 g/mol. The molecule has 0 atom stereocenters. The molecule has 0 radical (unpaired) electrons. The lowest BCUT2D eigenvalue weighted by molar-refractivity contribution is -0.140. The molecule has 1 heterocycles. The third-order valence-electron chi connectivity index (χ3n) is 1.85. The van der Waals surface area contributed by atoms with Crippen molar-refractivity contribution in [1.82, 2.24) is 9.97 Å². The smallest absolute Gasteiger partial charge is 0.306 e. The molecule has 0 fully saturated rings. The van der Waals surface area contributed by atoms with Crippen LogP contribution in [-0.2, 0) is 9.53 Å². The van der Waals surface area contributed by atoms with Gasteiger partial charge in [-0.25, -0.2) is 9.97 Å². The summed E-state index contributed by atoms with van der Waals surface area (Å²) in [5, 5.41) is 0.811. The van der Waals surface area contributed by atoms with Gasteiger partial charge in [-0.1, -0.05) is 0 Å². The van der Waals surface area contributed by atoms with Gasteiger partial charge in [-0.05, 0) is 6.92 Å².